The molecule has 2 aromatic rings. The Morgan fingerprint density at radius 2 is 1.96 bits per heavy atom. The smallest absolute Gasteiger partial charge is 0.191 e. The van der Waals surface area contributed by atoms with Gasteiger partial charge in [0.05, 0.1) is 6.54 Å². The highest BCUT2D eigenvalue weighted by Gasteiger charge is 2.04. The van der Waals surface area contributed by atoms with Crippen molar-refractivity contribution in [2.45, 2.75) is 13.3 Å². The van der Waals surface area contributed by atoms with Gasteiger partial charge in [-0.25, -0.2) is 8.78 Å². The van der Waals surface area contributed by atoms with Gasteiger partial charge in [0.15, 0.2) is 17.5 Å². The number of aromatic nitrogens is 1. The Balaban J connectivity index is 1.67. The van der Waals surface area contributed by atoms with E-state index in [-0.39, 0.29) is 12.4 Å². The second kappa shape index (κ2) is 9.56. The van der Waals surface area contributed by atoms with Crippen LogP contribution in [0, 0.1) is 18.6 Å². The quantitative estimate of drug-likeness (QED) is 0.458. The average molecular weight is 348 g/mol. The number of nitrogens with zero attached hydrogens (tertiary/aromatic N) is 2. The summed E-state index contributed by atoms with van der Waals surface area (Å²) in [4.78, 5) is 8.36. The van der Waals surface area contributed by atoms with Crippen molar-refractivity contribution in [3.8, 4) is 5.75 Å². The second-order valence-corrected chi connectivity index (χ2v) is 5.41. The highest BCUT2D eigenvalue weighted by Crippen LogP contribution is 2.17. The molecule has 0 aliphatic rings. The van der Waals surface area contributed by atoms with E-state index in [9.17, 15) is 8.78 Å². The zero-order valence-corrected chi connectivity index (χ0v) is 14.4. The molecule has 2 rings (SSSR count). The van der Waals surface area contributed by atoms with Crippen molar-refractivity contribution >= 4 is 5.96 Å². The molecule has 25 heavy (non-hydrogen) atoms. The maximum atomic E-state index is 13.4. The molecule has 2 N–H and O–H groups in total. The lowest BCUT2D eigenvalue weighted by molar-refractivity contribution is 0.304. The van der Waals surface area contributed by atoms with Gasteiger partial charge in [0, 0.05) is 31.5 Å². The summed E-state index contributed by atoms with van der Waals surface area (Å²) in [6.07, 6.45) is 2.68. The van der Waals surface area contributed by atoms with Gasteiger partial charge in [-0.15, -0.1) is 0 Å². The molecule has 0 atom stereocenters. The lowest BCUT2D eigenvalue weighted by atomic mass is 10.2. The molecule has 0 spiro atoms. The Hall–Kier alpha value is -2.70. The van der Waals surface area contributed by atoms with Crippen LogP contribution in [-0.2, 0) is 6.42 Å². The molecule has 0 aliphatic heterocycles. The van der Waals surface area contributed by atoms with E-state index in [0.717, 1.165) is 29.8 Å². The fourth-order valence-electron chi connectivity index (χ4n) is 2.11. The van der Waals surface area contributed by atoms with E-state index >= 15 is 0 Å². The highest BCUT2D eigenvalue weighted by molar-refractivity contribution is 5.79. The number of rotatable bonds is 7. The molecule has 0 fully saturated rings. The van der Waals surface area contributed by atoms with Crippen molar-refractivity contribution in [2.75, 3.05) is 26.7 Å². The lowest BCUT2D eigenvalue weighted by Crippen LogP contribution is -2.40. The third kappa shape index (κ3) is 6.37. The van der Waals surface area contributed by atoms with Crippen molar-refractivity contribution in [1.29, 1.82) is 0 Å². The van der Waals surface area contributed by atoms with Crippen molar-refractivity contribution < 1.29 is 13.5 Å². The molecule has 0 aliphatic carbocycles. The normalized spacial score (nSPS) is 11.3. The summed E-state index contributed by atoms with van der Waals surface area (Å²) >= 11 is 0. The minimum absolute atomic E-state index is 0.0259. The van der Waals surface area contributed by atoms with Gasteiger partial charge in [-0.2, -0.15) is 0 Å². The number of guanidine groups is 1. The Kier molecular flexibility index (Phi) is 7.13. The summed E-state index contributed by atoms with van der Waals surface area (Å²) in [5, 5.41) is 6.25. The van der Waals surface area contributed by atoms with Crippen LogP contribution in [0.5, 0.6) is 5.75 Å². The average Bonchev–Trinajstić information content (AvgIpc) is 2.60. The number of hydrogen-bond donors (Lipinski definition) is 2. The van der Waals surface area contributed by atoms with Crippen LogP contribution in [0.4, 0.5) is 8.78 Å². The van der Waals surface area contributed by atoms with Crippen LogP contribution in [0.2, 0.25) is 0 Å². The van der Waals surface area contributed by atoms with Crippen LogP contribution < -0.4 is 15.4 Å². The van der Waals surface area contributed by atoms with E-state index in [1.807, 2.05) is 25.3 Å². The van der Waals surface area contributed by atoms with E-state index in [0.29, 0.717) is 19.0 Å². The van der Waals surface area contributed by atoms with Gasteiger partial charge in [-0.05, 0) is 37.1 Å². The molecule has 0 saturated carbocycles. The molecule has 1 aromatic carbocycles. The summed E-state index contributed by atoms with van der Waals surface area (Å²) in [6.45, 7) is 3.32. The highest BCUT2D eigenvalue weighted by atomic mass is 19.1. The summed E-state index contributed by atoms with van der Waals surface area (Å²) in [5.74, 6) is -0.688. The number of aryl methyl sites for hydroxylation is 1. The number of nitrogens with one attached hydrogen (secondary N) is 2. The van der Waals surface area contributed by atoms with E-state index in [1.165, 1.54) is 6.07 Å². The van der Waals surface area contributed by atoms with Gasteiger partial charge in [0.1, 0.15) is 12.4 Å². The molecule has 0 saturated heterocycles. The van der Waals surface area contributed by atoms with Crippen molar-refractivity contribution in [3.05, 3.63) is 59.4 Å². The molecule has 0 unspecified atom stereocenters. The Morgan fingerprint density at radius 3 is 2.64 bits per heavy atom. The molecule has 5 nitrogen and oxygen atoms in total. The van der Waals surface area contributed by atoms with Gasteiger partial charge in [0.2, 0.25) is 0 Å². The molecule has 0 radical (unpaired) electrons. The summed E-state index contributed by atoms with van der Waals surface area (Å²) in [5.41, 5.74) is 2.13. The first-order valence-electron chi connectivity index (χ1n) is 8.02. The lowest BCUT2D eigenvalue weighted by Gasteiger charge is -2.13. The van der Waals surface area contributed by atoms with Gasteiger partial charge in [-0.3, -0.25) is 9.98 Å². The van der Waals surface area contributed by atoms with Crippen molar-refractivity contribution in [1.82, 2.24) is 15.6 Å². The van der Waals surface area contributed by atoms with Crippen LogP contribution in [-0.4, -0.2) is 37.7 Å². The Morgan fingerprint density at radius 1 is 1.16 bits per heavy atom. The predicted octanol–water partition coefficient (Wildman–Crippen LogP) is 2.45. The summed E-state index contributed by atoms with van der Waals surface area (Å²) in [6, 6.07) is 7.25. The maximum absolute atomic E-state index is 13.4. The third-order valence-corrected chi connectivity index (χ3v) is 3.45. The van der Waals surface area contributed by atoms with Crippen LogP contribution in [0.15, 0.2) is 41.5 Å². The third-order valence-electron chi connectivity index (χ3n) is 3.45. The zero-order chi connectivity index (χ0) is 18.1. The van der Waals surface area contributed by atoms with Crippen LogP contribution in [0.1, 0.15) is 11.3 Å². The minimum atomic E-state index is -0.714. The van der Waals surface area contributed by atoms with Gasteiger partial charge >= 0.3 is 0 Å². The molecule has 134 valence electrons. The molecule has 0 bridgehead atoms. The molecular formula is C18H22F2N4O. The zero-order valence-electron chi connectivity index (χ0n) is 14.4. The molecule has 7 heteroatoms. The Labute approximate surface area is 146 Å². The monoisotopic (exact) mass is 348 g/mol. The van der Waals surface area contributed by atoms with Gasteiger partial charge in [-0.1, -0.05) is 6.07 Å². The SMILES string of the molecule is CN=C(NCCOc1ccc(F)cc1F)NCCc1ccc(C)nc1. The van der Waals surface area contributed by atoms with E-state index in [4.69, 9.17) is 4.74 Å². The van der Waals surface area contributed by atoms with Crippen LogP contribution in [0.3, 0.4) is 0 Å². The molecular weight excluding hydrogens is 326 g/mol. The minimum Gasteiger partial charge on any atom is -0.489 e. The van der Waals surface area contributed by atoms with E-state index < -0.39 is 11.6 Å². The van der Waals surface area contributed by atoms with Gasteiger partial charge < -0.3 is 15.4 Å². The summed E-state index contributed by atoms with van der Waals surface area (Å²) in [7, 11) is 1.67. The number of aliphatic imine (C=N–C) groups is 1. The maximum Gasteiger partial charge on any atom is 0.191 e. The Bertz CT molecular complexity index is 705. The van der Waals surface area contributed by atoms with E-state index in [2.05, 4.69) is 20.6 Å². The number of benzene rings is 1. The molecule has 1 heterocycles. The first-order valence-corrected chi connectivity index (χ1v) is 8.02. The topological polar surface area (TPSA) is 58.5 Å². The fraction of sp³-hybridized carbons (Fsp3) is 0.333. The van der Waals surface area contributed by atoms with Gasteiger partial charge in [0.25, 0.3) is 0 Å². The first-order chi connectivity index (χ1) is 12.1. The van der Waals surface area contributed by atoms with E-state index in [1.54, 1.807) is 7.05 Å². The predicted molar refractivity (Wildman–Crippen MR) is 93.9 cm³/mol. The second-order valence-electron chi connectivity index (χ2n) is 5.41. The van der Waals surface area contributed by atoms with Crippen molar-refractivity contribution in [2.24, 2.45) is 4.99 Å². The first kappa shape index (κ1) is 18.6. The molecule has 1 aromatic heterocycles. The number of hydrogen-bond acceptors (Lipinski definition) is 3. The number of halogens is 2. The summed E-state index contributed by atoms with van der Waals surface area (Å²) < 4.78 is 31.5. The fourth-order valence-corrected chi connectivity index (χ4v) is 2.11. The van der Waals surface area contributed by atoms with Crippen LogP contribution in [0.25, 0.3) is 0 Å². The number of ether oxygens (including phenoxy) is 1. The van der Waals surface area contributed by atoms with Crippen molar-refractivity contribution in [3.63, 3.8) is 0 Å². The largest absolute Gasteiger partial charge is 0.489 e. The number of pyridine rings is 1. The van der Waals surface area contributed by atoms with Crippen LogP contribution >= 0.6 is 0 Å². The standard InChI is InChI=1S/C18H22F2N4O/c1-13-3-4-14(12-24-13)7-8-22-18(21-2)23-9-10-25-17-6-5-15(19)11-16(17)20/h3-6,11-12H,7-10H2,1-2H3,(H2,21,22,23). The molecule has 0 amide bonds.